The molecule has 0 saturated carbocycles. The molecule has 0 saturated heterocycles. The molecule has 0 fully saturated rings. The van der Waals surface area contributed by atoms with Crippen LogP contribution >= 0.6 is 0 Å². The van der Waals surface area contributed by atoms with Gasteiger partial charge in [0.25, 0.3) is 0 Å². The summed E-state index contributed by atoms with van der Waals surface area (Å²) in [7, 11) is 0. The molecule has 5 nitrogen and oxygen atoms in total. The first-order valence-electron chi connectivity index (χ1n) is 8.66. The summed E-state index contributed by atoms with van der Waals surface area (Å²) in [4.78, 5) is 16.6. The van der Waals surface area contributed by atoms with Crippen molar-refractivity contribution in [1.29, 1.82) is 0 Å². The summed E-state index contributed by atoms with van der Waals surface area (Å²) in [5.74, 6) is -0.256. The molecule has 0 N–H and O–H groups in total. The number of esters is 1. The van der Waals surface area contributed by atoms with Crippen molar-refractivity contribution >= 4 is 16.9 Å². The minimum absolute atomic E-state index is 0.0849. The van der Waals surface area contributed by atoms with E-state index in [0.29, 0.717) is 22.2 Å². The Morgan fingerprint density at radius 1 is 1.03 bits per heavy atom. The normalized spacial score (nSPS) is 11.6. The maximum Gasteiger partial charge on any atom is 0.416 e. The van der Waals surface area contributed by atoms with Crippen LogP contribution in [0.5, 0.6) is 5.75 Å². The van der Waals surface area contributed by atoms with E-state index in [4.69, 9.17) is 4.74 Å². The first kappa shape index (κ1) is 18.7. The monoisotopic (exact) mass is 397 g/mol. The van der Waals surface area contributed by atoms with Crippen LogP contribution in [0.2, 0.25) is 0 Å². The van der Waals surface area contributed by atoms with E-state index in [0.717, 1.165) is 12.1 Å². The lowest BCUT2D eigenvalue weighted by Gasteiger charge is -2.08. The summed E-state index contributed by atoms with van der Waals surface area (Å²) in [6, 6.07) is 15.2. The number of benzene rings is 2. The Bertz CT molecular complexity index is 1170. The van der Waals surface area contributed by atoms with Crippen LogP contribution in [0, 0.1) is 0 Å². The van der Waals surface area contributed by atoms with Gasteiger partial charge in [0.2, 0.25) is 0 Å². The Kier molecular flexibility index (Phi) is 4.75. The first-order chi connectivity index (χ1) is 13.9. The van der Waals surface area contributed by atoms with Crippen molar-refractivity contribution in [2.75, 3.05) is 0 Å². The third-order valence-electron chi connectivity index (χ3n) is 4.23. The third-order valence-corrected chi connectivity index (χ3v) is 4.23. The Hall–Kier alpha value is -3.68. The van der Waals surface area contributed by atoms with Crippen LogP contribution in [-0.2, 0) is 12.7 Å². The molecule has 0 radical (unpaired) electrons. The standard InChI is InChI=1S/C21H14F3N3O2/c22-21(23,24)15-6-4-5-14(11-15)12-27-13-17-18(26-27)9-10-25-19(17)20(28)29-16-7-2-1-3-8-16/h1-11,13H,12H2. The van der Waals surface area contributed by atoms with Crippen LogP contribution < -0.4 is 4.74 Å². The van der Waals surface area contributed by atoms with Gasteiger partial charge >= 0.3 is 12.1 Å². The number of fused-ring (bicyclic) bond motifs is 1. The lowest BCUT2D eigenvalue weighted by Crippen LogP contribution is -2.10. The Morgan fingerprint density at radius 2 is 1.83 bits per heavy atom. The maximum atomic E-state index is 12.9. The molecule has 4 rings (SSSR count). The van der Waals surface area contributed by atoms with E-state index in [1.165, 1.54) is 16.9 Å². The fourth-order valence-corrected chi connectivity index (χ4v) is 2.91. The SMILES string of the molecule is O=C(Oc1ccccc1)c1nccc2nn(Cc3cccc(C(F)(F)F)c3)cc12. The quantitative estimate of drug-likeness (QED) is 0.369. The minimum atomic E-state index is -4.41. The minimum Gasteiger partial charge on any atom is -0.422 e. The Balaban J connectivity index is 1.62. The van der Waals surface area contributed by atoms with Gasteiger partial charge in [0.05, 0.1) is 23.0 Å². The summed E-state index contributed by atoms with van der Waals surface area (Å²) in [5.41, 5.74) is 0.295. The zero-order chi connectivity index (χ0) is 20.4. The van der Waals surface area contributed by atoms with Crippen molar-refractivity contribution in [3.05, 3.63) is 89.9 Å². The van der Waals surface area contributed by atoms with Crippen molar-refractivity contribution in [3.63, 3.8) is 0 Å². The highest BCUT2D eigenvalue weighted by molar-refractivity contribution is 6.02. The molecule has 0 spiro atoms. The van der Waals surface area contributed by atoms with Gasteiger partial charge in [-0.3, -0.25) is 4.68 Å². The van der Waals surface area contributed by atoms with Crippen molar-refractivity contribution in [3.8, 4) is 5.75 Å². The average molecular weight is 397 g/mol. The maximum absolute atomic E-state index is 12.9. The second-order valence-electron chi connectivity index (χ2n) is 6.32. The molecule has 146 valence electrons. The molecule has 0 amide bonds. The van der Waals surface area contributed by atoms with Crippen LogP contribution in [-0.4, -0.2) is 20.7 Å². The fourth-order valence-electron chi connectivity index (χ4n) is 2.91. The van der Waals surface area contributed by atoms with Crippen LogP contribution in [0.3, 0.4) is 0 Å². The summed E-state index contributed by atoms with van der Waals surface area (Å²) in [6.45, 7) is 0.117. The number of carbonyl (C=O) groups excluding carboxylic acids is 1. The molecule has 0 aliphatic carbocycles. The van der Waals surface area contributed by atoms with Gasteiger partial charge in [-0.25, -0.2) is 9.78 Å². The van der Waals surface area contributed by atoms with E-state index >= 15 is 0 Å². The number of para-hydroxylation sites is 1. The topological polar surface area (TPSA) is 57.0 Å². The third kappa shape index (κ3) is 4.11. The van der Waals surface area contributed by atoms with Gasteiger partial charge in [0.15, 0.2) is 5.69 Å². The highest BCUT2D eigenvalue weighted by Crippen LogP contribution is 2.29. The number of alkyl halides is 3. The van der Waals surface area contributed by atoms with E-state index in [-0.39, 0.29) is 12.2 Å². The van der Waals surface area contributed by atoms with Crippen LogP contribution in [0.1, 0.15) is 21.6 Å². The molecule has 0 unspecified atom stereocenters. The number of halogens is 3. The van der Waals surface area contributed by atoms with Gasteiger partial charge in [-0.2, -0.15) is 18.3 Å². The second-order valence-corrected chi connectivity index (χ2v) is 6.32. The van der Waals surface area contributed by atoms with E-state index < -0.39 is 17.7 Å². The van der Waals surface area contributed by atoms with Crippen molar-refractivity contribution < 1.29 is 22.7 Å². The Labute approximate surface area is 163 Å². The Morgan fingerprint density at radius 3 is 2.59 bits per heavy atom. The largest absolute Gasteiger partial charge is 0.422 e. The predicted molar refractivity (Wildman–Crippen MR) is 99.5 cm³/mol. The lowest BCUT2D eigenvalue weighted by molar-refractivity contribution is -0.137. The molecule has 0 atom stereocenters. The van der Waals surface area contributed by atoms with Crippen molar-refractivity contribution in [2.24, 2.45) is 0 Å². The highest BCUT2D eigenvalue weighted by Gasteiger charge is 2.30. The molecule has 4 aromatic rings. The summed E-state index contributed by atoms with van der Waals surface area (Å²) >= 11 is 0. The lowest BCUT2D eigenvalue weighted by atomic mass is 10.1. The van der Waals surface area contributed by atoms with Crippen LogP contribution in [0.15, 0.2) is 73.1 Å². The number of ether oxygens (including phenoxy) is 1. The fraction of sp³-hybridized carbons (Fsp3) is 0.0952. The number of pyridine rings is 1. The summed E-state index contributed by atoms with van der Waals surface area (Å²) < 4.78 is 45.5. The number of hydrogen-bond acceptors (Lipinski definition) is 4. The smallest absolute Gasteiger partial charge is 0.416 e. The van der Waals surface area contributed by atoms with Gasteiger partial charge in [-0.05, 0) is 35.9 Å². The van der Waals surface area contributed by atoms with Crippen LogP contribution in [0.25, 0.3) is 10.9 Å². The number of rotatable bonds is 4. The molecule has 2 heterocycles. The molecular formula is C21H14F3N3O2. The molecule has 0 bridgehead atoms. The summed E-state index contributed by atoms with van der Waals surface area (Å²) in [6.07, 6.45) is -1.40. The van der Waals surface area contributed by atoms with Crippen molar-refractivity contribution in [2.45, 2.75) is 12.7 Å². The zero-order valence-corrected chi connectivity index (χ0v) is 14.9. The summed E-state index contributed by atoms with van der Waals surface area (Å²) in [5, 5.41) is 4.80. The van der Waals surface area contributed by atoms with Crippen molar-refractivity contribution in [1.82, 2.24) is 14.8 Å². The van der Waals surface area contributed by atoms with E-state index in [1.54, 1.807) is 48.7 Å². The van der Waals surface area contributed by atoms with E-state index in [9.17, 15) is 18.0 Å². The van der Waals surface area contributed by atoms with Gasteiger partial charge in [-0.1, -0.05) is 30.3 Å². The number of carbonyl (C=O) groups is 1. The van der Waals surface area contributed by atoms with Gasteiger partial charge < -0.3 is 4.74 Å². The molecule has 29 heavy (non-hydrogen) atoms. The van der Waals surface area contributed by atoms with Gasteiger partial charge in [0.1, 0.15) is 5.75 Å². The molecule has 8 heteroatoms. The average Bonchev–Trinajstić information content (AvgIpc) is 3.10. The molecule has 2 aromatic heterocycles. The molecule has 0 aliphatic rings. The van der Waals surface area contributed by atoms with Crippen LogP contribution in [0.4, 0.5) is 13.2 Å². The molecule has 0 aliphatic heterocycles. The highest BCUT2D eigenvalue weighted by atomic mass is 19.4. The van der Waals surface area contributed by atoms with E-state index in [2.05, 4.69) is 10.1 Å². The predicted octanol–water partition coefficient (Wildman–Crippen LogP) is 4.72. The number of hydrogen-bond donors (Lipinski definition) is 0. The molecular weight excluding hydrogens is 383 g/mol. The first-order valence-corrected chi connectivity index (χ1v) is 8.66. The number of aromatic nitrogens is 3. The number of nitrogens with zero attached hydrogens (tertiary/aromatic N) is 3. The van der Waals surface area contributed by atoms with Gasteiger partial charge in [0, 0.05) is 12.4 Å². The van der Waals surface area contributed by atoms with Gasteiger partial charge in [-0.15, -0.1) is 0 Å². The second kappa shape index (κ2) is 7.38. The molecule has 2 aromatic carbocycles. The van der Waals surface area contributed by atoms with E-state index in [1.807, 2.05) is 0 Å². The zero-order valence-electron chi connectivity index (χ0n) is 14.9.